The van der Waals surface area contributed by atoms with Gasteiger partial charge < -0.3 is 9.73 Å². The highest BCUT2D eigenvalue weighted by atomic mass is 19.4. The van der Waals surface area contributed by atoms with Crippen molar-refractivity contribution in [3.05, 3.63) is 64.8 Å². The minimum Gasteiger partial charge on any atom is -0.456 e. The molecule has 4 nitrogen and oxygen atoms in total. The predicted molar refractivity (Wildman–Crippen MR) is 81.3 cm³/mol. The maximum Gasteiger partial charge on any atom is 0.450 e. The summed E-state index contributed by atoms with van der Waals surface area (Å²) in [4.78, 5) is 12.3. The third-order valence-corrected chi connectivity index (χ3v) is 3.24. The fraction of sp³-hybridized carbons (Fsp3) is 0.176. The molecule has 1 N–H and O–H groups in total. The Balaban J connectivity index is 2.36. The molecule has 0 atom stereocenters. The normalized spacial score (nSPS) is 11.9. The van der Waals surface area contributed by atoms with Gasteiger partial charge in [0.15, 0.2) is 0 Å². The highest BCUT2D eigenvalue weighted by Gasteiger charge is 2.40. The van der Waals surface area contributed by atoms with Gasteiger partial charge in [-0.2, -0.15) is 18.4 Å². The van der Waals surface area contributed by atoms with Crippen molar-refractivity contribution in [3.63, 3.8) is 0 Å². The molecule has 0 saturated carbocycles. The first-order valence-corrected chi connectivity index (χ1v) is 6.88. The zero-order valence-electron chi connectivity index (χ0n) is 12.9. The predicted octanol–water partition coefficient (Wildman–Crippen LogP) is 4.62. The summed E-state index contributed by atoms with van der Waals surface area (Å²) in [6.07, 6.45) is -3.73. The van der Waals surface area contributed by atoms with Gasteiger partial charge in [-0.15, -0.1) is 0 Å². The molecule has 0 unspecified atom stereocenters. The van der Waals surface area contributed by atoms with Crippen LogP contribution in [0.4, 0.5) is 18.9 Å². The Bertz CT molecular complexity index is 842. The van der Waals surface area contributed by atoms with E-state index in [1.54, 1.807) is 18.2 Å². The fourth-order valence-electron chi connectivity index (χ4n) is 2.07. The van der Waals surface area contributed by atoms with Crippen molar-refractivity contribution in [2.45, 2.75) is 20.0 Å². The number of ketones is 1. The molecule has 1 aromatic heterocycles. The first-order valence-electron chi connectivity index (χ1n) is 6.88. The topological polar surface area (TPSA) is 66.0 Å². The average Bonchev–Trinajstić information content (AvgIpc) is 2.91. The maximum atomic E-state index is 12.9. The van der Waals surface area contributed by atoms with Crippen LogP contribution in [0.2, 0.25) is 0 Å². The van der Waals surface area contributed by atoms with E-state index < -0.39 is 28.9 Å². The van der Waals surface area contributed by atoms with E-state index in [0.717, 1.165) is 17.8 Å². The van der Waals surface area contributed by atoms with Crippen LogP contribution in [0.15, 0.2) is 46.5 Å². The number of nitrogens with one attached hydrogen (secondary N) is 1. The summed E-state index contributed by atoms with van der Waals surface area (Å²) in [5.41, 5.74) is 0.357. The van der Waals surface area contributed by atoms with Gasteiger partial charge in [-0.25, -0.2) is 0 Å². The van der Waals surface area contributed by atoms with Gasteiger partial charge in [-0.3, -0.25) is 4.79 Å². The number of furan rings is 1. The first-order chi connectivity index (χ1) is 11.2. The molecule has 0 amide bonds. The number of hydrogen-bond acceptors (Lipinski definition) is 4. The lowest BCUT2D eigenvalue weighted by Gasteiger charge is -2.07. The van der Waals surface area contributed by atoms with Gasteiger partial charge in [0.05, 0.1) is 5.56 Å². The average molecular weight is 334 g/mol. The number of anilines is 1. The number of carbonyl (C=O) groups is 1. The summed E-state index contributed by atoms with van der Waals surface area (Å²) in [6.45, 7) is 3.11. The van der Waals surface area contributed by atoms with Crippen LogP contribution in [-0.4, -0.2) is 5.78 Å². The number of Topliss-reactive ketones (excluding diaryl/α,β-unsaturated/α-hetero) is 1. The molecule has 0 spiro atoms. The van der Waals surface area contributed by atoms with E-state index in [9.17, 15) is 18.0 Å². The number of nitriles is 1. The van der Waals surface area contributed by atoms with Crippen LogP contribution in [0.25, 0.3) is 0 Å². The number of alkyl halides is 3. The molecule has 0 aliphatic carbocycles. The third kappa shape index (κ3) is 3.66. The number of para-hydroxylation sites is 1. The van der Waals surface area contributed by atoms with Crippen molar-refractivity contribution < 1.29 is 22.4 Å². The molecule has 24 heavy (non-hydrogen) atoms. The molecule has 0 bridgehead atoms. The number of aryl methyl sites for hydroxylation is 2. The highest BCUT2D eigenvalue weighted by Crippen LogP contribution is 2.35. The van der Waals surface area contributed by atoms with Gasteiger partial charge in [0.2, 0.25) is 11.5 Å². The van der Waals surface area contributed by atoms with Crippen LogP contribution in [0.3, 0.4) is 0 Å². The maximum absolute atomic E-state index is 12.9. The van der Waals surface area contributed by atoms with Gasteiger partial charge in [0.25, 0.3) is 0 Å². The van der Waals surface area contributed by atoms with Crippen LogP contribution >= 0.6 is 0 Å². The van der Waals surface area contributed by atoms with Crippen molar-refractivity contribution in [2.75, 3.05) is 5.32 Å². The van der Waals surface area contributed by atoms with E-state index in [0.29, 0.717) is 5.69 Å². The van der Waals surface area contributed by atoms with Crippen LogP contribution in [0, 0.1) is 25.2 Å². The summed E-state index contributed by atoms with van der Waals surface area (Å²) in [6, 6.07) is 9.68. The molecule has 7 heteroatoms. The Morgan fingerprint density at radius 3 is 2.54 bits per heavy atom. The molecule has 1 aromatic carbocycles. The number of hydrogen-bond donors (Lipinski definition) is 1. The molecule has 0 aliphatic heterocycles. The molecule has 124 valence electrons. The lowest BCUT2D eigenvalue weighted by atomic mass is 10.0. The largest absolute Gasteiger partial charge is 0.456 e. The van der Waals surface area contributed by atoms with Gasteiger partial charge >= 0.3 is 6.18 Å². The summed E-state index contributed by atoms with van der Waals surface area (Å²) in [5, 5.41) is 11.9. The fourth-order valence-corrected chi connectivity index (χ4v) is 2.07. The van der Waals surface area contributed by atoms with Crippen LogP contribution < -0.4 is 5.32 Å². The molecular weight excluding hydrogens is 321 g/mol. The third-order valence-electron chi connectivity index (χ3n) is 3.24. The highest BCUT2D eigenvalue weighted by molar-refractivity contribution is 6.12. The van der Waals surface area contributed by atoms with Gasteiger partial charge in [-0.05, 0) is 31.5 Å². The minimum atomic E-state index is -4.82. The number of benzene rings is 1. The van der Waals surface area contributed by atoms with Gasteiger partial charge in [0.1, 0.15) is 17.4 Å². The molecule has 0 saturated heterocycles. The molecule has 1 heterocycles. The van der Waals surface area contributed by atoms with Crippen molar-refractivity contribution >= 4 is 11.5 Å². The summed E-state index contributed by atoms with van der Waals surface area (Å²) < 4.78 is 43.4. The van der Waals surface area contributed by atoms with Crippen molar-refractivity contribution in [3.8, 4) is 6.07 Å². The van der Waals surface area contributed by atoms with E-state index in [1.807, 2.05) is 19.1 Å². The summed E-state index contributed by atoms with van der Waals surface area (Å²) >= 11 is 0. The number of halogens is 3. The SMILES string of the molecule is Cc1cc(C(=O)C(C#N)=CNc2ccccc2C)c(C(F)(F)F)o1. The Morgan fingerprint density at radius 2 is 1.96 bits per heavy atom. The number of nitrogens with zero attached hydrogens (tertiary/aromatic N) is 1. The van der Waals surface area contributed by atoms with E-state index in [1.165, 1.54) is 6.92 Å². The Labute approximate surface area is 136 Å². The van der Waals surface area contributed by atoms with Crippen molar-refractivity contribution in [1.82, 2.24) is 0 Å². The molecule has 0 radical (unpaired) electrons. The lowest BCUT2D eigenvalue weighted by Crippen LogP contribution is -2.12. The molecule has 0 fully saturated rings. The van der Waals surface area contributed by atoms with Crippen LogP contribution in [0.1, 0.15) is 27.4 Å². The van der Waals surface area contributed by atoms with E-state index in [2.05, 4.69) is 9.73 Å². The van der Waals surface area contributed by atoms with Crippen molar-refractivity contribution in [1.29, 1.82) is 5.26 Å². The molecular formula is C17H13F3N2O2. The number of rotatable bonds is 4. The van der Waals surface area contributed by atoms with Crippen LogP contribution in [-0.2, 0) is 6.18 Å². The second-order valence-corrected chi connectivity index (χ2v) is 5.06. The Hall–Kier alpha value is -3.01. The second kappa shape index (κ2) is 6.62. The Kier molecular flexibility index (Phi) is 4.79. The van der Waals surface area contributed by atoms with E-state index in [4.69, 9.17) is 5.26 Å². The van der Waals surface area contributed by atoms with Gasteiger partial charge in [0, 0.05) is 11.9 Å². The second-order valence-electron chi connectivity index (χ2n) is 5.06. The lowest BCUT2D eigenvalue weighted by molar-refractivity contribution is -0.153. The molecule has 2 rings (SSSR count). The number of carbonyl (C=O) groups excluding carboxylic acids is 1. The Morgan fingerprint density at radius 1 is 1.29 bits per heavy atom. The summed E-state index contributed by atoms with van der Waals surface area (Å²) in [7, 11) is 0. The zero-order chi connectivity index (χ0) is 17.9. The number of allylic oxidation sites excluding steroid dienone is 1. The minimum absolute atomic E-state index is 0.0603. The monoisotopic (exact) mass is 334 g/mol. The smallest absolute Gasteiger partial charge is 0.450 e. The standard InChI is InChI=1S/C17H13F3N2O2/c1-10-5-3-4-6-14(10)22-9-12(8-21)15(23)13-7-11(2)24-16(13)17(18,19)20/h3-7,9,22H,1-2H3. The van der Waals surface area contributed by atoms with Crippen molar-refractivity contribution in [2.24, 2.45) is 0 Å². The quantitative estimate of drug-likeness (QED) is 0.503. The zero-order valence-corrected chi connectivity index (χ0v) is 12.9. The first kappa shape index (κ1) is 17.3. The van der Waals surface area contributed by atoms with Gasteiger partial charge in [-0.1, -0.05) is 18.2 Å². The molecule has 0 aliphatic rings. The summed E-state index contributed by atoms with van der Waals surface area (Å²) in [5.74, 6) is -2.51. The molecule has 2 aromatic rings. The van der Waals surface area contributed by atoms with E-state index >= 15 is 0 Å². The van der Waals surface area contributed by atoms with E-state index in [-0.39, 0.29) is 5.76 Å². The van der Waals surface area contributed by atoms with Crippen LogP contribution in [0.5, 0.6) is 0 Å².